The Kier molecular flexibility index (Phi) is 40.8. The van der Waals surface area contributed by atoms with E-state index in [1.165, 1.54) is 103 Å². The van der Waals surface area contributed by atoms with Crippen molar-refractivity contribution in [2.24, 2.45) is 0 Å². The molecule has 0 aromatic rings. The third-order valence-corrected chi connectivity index (χ3v) is 19.5. The van der Waals surface area contributed by atoms with Gasteiger partial charge in [-0.1, -0.05) is 168 Å². The van der Waals surface area contributed by atoms with Crippen LogP contribution < -0.4 is 16.0 Å². The zero-order chi connectivity index (χ0) is 72.7. The summed E-state index contributed by atoms with van der Waals surface area (Å²) in [6, 6.07) is -4.81. The maximum Gasteiger partial charge on any atom is 0.220 e. The number of hydrogen-bond acceptors (Lipinski definition) is 28. The van der Waals surface area contributed by atoms with Gasteiger partial charge in [0.25, 0.3) is 0 Å². The Morgan fingerprint density at radius 1 is 0.394 bits per heavy atom. The highest BCUT2D eigenvalue weighted by Gasteiger charge is 2.58. The molecule has 0 radical (unpaired) electrons. The van der Waals surface area contributed by atoms with Gasteiger partial charge in [0, 0.05) is 20.3 Å². The van der Waals surface area contributed by atoms with Gasteiger partial charge in [-0.3, -0.25) is 14.4 Å². The maximum atomic E-state index is 13.6. The van der Waals surface area contributed by atoms with Crippen molar-refractivity contribution in [1.82, 2.24) is 16.0 Å². The Hall–Kier alpha value is -2.59. The van der Waals surface area contributed by atoms with Crippen LogP contribution in [0.15, 0.2) is 0 Å². The molecular formula is C68H125N3O28. The third kappa shape index (κ3) is 27.1. The molecular weight excluding hydrogens is 1310 g/mol. The smallest absolute Gasteiger partial charge is 0.220 e. The van der Waals surface area contributed by atoms with Gasteiger partial charge >= 0.3 is 0 Å². The molecule has 0 unspecified atom stereocenters. The van der Waals surface area contributed by atoms with Crippen LogP contribution >= 0.6 is 0 Å². The molecule has 0 bridgehead atoms. The van der Waals surface area contributed by atoms with Gasteiger partial charge < -0.3 is 140 Å². The first-order valence-electron chi connectivity index (χ1n) is 36.7. The molecule has 18 N–H and O–H groups in total. The average Bonchev–Trinajstić information content (AvgIpc) is 0.762. The molecule has 5 aliphatic rings. The lowest BCUT2D eigenvalue weighted by Gasteiger charge is -2.52. The summed E-state index contributed by atoms with van der Waals surface area (Å²) in [5.74, 6) is -2.09. The molecule has 0 aromatic heterocycles. The van der Waals surface area contributed by atoms with Crippen LogP contribution in [0.3, 0.4) is 0 Å². The maximum absolute atomic E-state index is 13.6. The lowest BCUT2D eigenvalue weighted by molar-refractivity contribution is -0.384. The molecule has 5 rings (SSSR count). The van der Waals surface area contributed by atoms with E-state index in [2.05, 4.69) is 29.8 Å². The molecule has 0 saturated carbocycles. The van der Waals surface area contributed by atoms with Crippen molar-refractivity contribution in [3.05, 3.63) is 0 Å². The van der Waals surface area contributed by atoms with Crippen molar-refractivity contribution in [1.29, 1.82) is 0 Å². The molecule has 5 fully saturated rings. The van der Waals surface area contributed by atoms with Crippen LogP contribution in [-0.2, 0) is 61.8 Å². The molecule has 0 aromatic carbocycles. The van der Waals surface area contributed by atoms with Crippen LogP contribution in [0.5, 0.6) is 0 Å². The Bertz CT molecular complexity index is 2200. The molecule has 5 heterocycles. The first-order valence-corrected chi connectivity index (χ1v) is 36.7. The van der Waals surface area contributed by atoms with Crippen LogP contribution in [0.25, 0.3) is 0 Å². The van der Waals surface area contributed by atoms with Crippen LogP contribution in [-0.4, -0.2) is 299 Å². The van der Waals surface area contributed by atoms with E-state index >= 15 is 0 Å². The topological polar surface area (TPSA) is 483 Å². The van der Waals surface area contributed by atoms with Crippen LogP contribution in [0, 0.1) is 0 Å². The number of rotatable bonds is 47. The molecule has 31 nitrogen and oxygen atoms in total. The fourth-order valence-electron chi connectivity index (χ4n) is 13.5. The quantitative estimate of drug-likeness (QED) is 0.0332. The molecule has 5 saturated heterocycles. The van der Waals surface area contributed by atoms with Crippen molar-refractivity contribution >= 4 is 17.7 Å². The number of carbonyl (C=O) groups excluding carboxylic acids is 3. The van der Waals surface area contributed by atoms with Gasteiger partial charge in [-0.05, 0) is 19.8 Å². The van der Waals surface area contributed by atoms with E-state index < -0.39 is 222 Å². The predicted octanol–water partition coefficient (Wildman–Crippen LogP) is -0.806. The van der Waals surface area contributed by atoms with Gasteiger partial charge in [0.05, 0.1) is 51.3 Å². The van der Waals surface area contributed by atoms with Gasteiger partial charge in [-0.25, -0.2) is 0 Å². The van der Waals surface area contributed by atoms with Crippen LogP contribution in [0.2, 0.25) is 0 Å². The number of hydrogen-bond donors (Lipinski definition) is 18. The SMILES string of the molecule is CCCCCCCCCCCCCCCC(=O)N[C@@H](CO[C@@H]1O[C@H](CO)[C@@H](O[C@@H]2O[C@H](CO)[C@H](O)[C@H](O[C@@H]3O[C@H](CO)[C@@H](O[C@@H]4O[C@H](CO)[C@H](O)[C@H](O)[C@H]4O)[C@H](O[C@@H]4O[C@@H](C)[C@@H](O)[C@@H](O)[C@@H]4O)[C@H]3NC(C)=O)[C@H]2NC(C)=O)[C@H](O)[C@H]1O)[C@H](O)[C@H](O)CCCCCCCCCCCCCC. The Morgan fingerprint density at radius 2 is 0.768 bits per heavy atom. The zero-order valence-electron chi connectivity index (χ0n) is 58.8. The number of aliphatic hydroxyl groups is 15. The van der Waals surface area contributed by atoms with Gasteiger partial charge in [-0.15, -0.1) is 0 Å². The molecule has 99 heavy (non-hydrogen) atoms. The monoisotopic (exact) mass is 1430 g/mol. The zero-order valence-corrected chi connectivity index (χ0v) is 58.8. The number of amides is 3. The fraction of sp³-hybridized carbons (Fsp3) is 0.956. The van der Waals surface area contributed by atoms with Gasteiger partial charge in [0.2, 0.25) is 17.7 Å². The van der Waals surface area contributed by atoms with Crippen molar-refractivity contribution in [2.75, 3.05) is 33.0 Å². The highest BCUT2D eigenvalue weighted by Crippen LogP contribution is 2.38. The molecule has 0 spiro atoms. The van der Waals surface area contributed by atoms with Crippen molar-refractivity contribution in [3.63, 3.8) is 0 Å². The normalized spacial score (nSPS) is 36.1. The second kappa shape index (κ2) is 46.4. The first kappa shape index (κ1) is 87.0. The summed E-state index contributed by atoms with van der Waals surface area (Å²) in [4.78, 5) is 40.0. The van der Waals surface area contributed by atoms with Gasteiger partial charge in [0.15, 0.2) is 31.5 Å². The fourth-order valence-corrected chi connectivity index (χ4v) is 13.5. The minimum atomic E-state index is -2.07. The summed E-state index contributed by atoms with van der Waals surface area (Å²) in [5, 5.41) is 174. The van der Waals surface area contributed by atoms with Crippen molar-refractivity contribution < 1.29 is 138 Å². The van der Waals surface area contributed by atoms with E-state index in [9.17, 15) is 91.0 Å². The minimum Gasteiger partial charge on any atom is -0.394 e. The van der Waals surface area contributed by atoms with Crippen molar-refractivity contribution in [3.8, 4) is 0 Å². The standard InChI is InChI=1S/C68H125N3O28/c1-6-8-10-12-14-16-18-20-22-24-26-28-30-32-47(79)71-41(51(81)42(78)31-29-27-25-23-21-19-17-15-13-11-9-7-2)37-90-66-59(89)56(86)60(45(35-74)95-66)96-64-48(69-39(4)76)62(53(83)44(34-73)92-64)98-65-49(70-40(5)77)63(99-67-57(87)54(84)50(80)38(3)91-67)61(46(36-75)94-65)97-68-58(88)55(85)52(82)43(33-72)93-68/h38,41-46,48-68,72-75,78,80-89H,6-37H2,1-5H3,(H,69,76)(H,70,77)(H,71,79)/t38-,41-,42+,43+,44+,45+,46+,48+,49+,50+,51-,52-,53-,54+,55-,56+,57-,58+,59+,60+,61+,62+,63+,64-,65-,66+,67-,68-/m0/s1. The predicted molar refractivity (Wildman–Crippen MR) is 352 cm³/mol. The number of ether oxygens (including phenoxy) is 10. The van der Waals surface area contributed by atoms with Crippen LogP contribution in [0.4, 0.5) is 0 Å². The summed E-state index contributed by atoms with van der Waals surface area (Å²) in [6.45, 7) is 3.37. The third-order valence-electron chi connectivity index (χ3n) is 19.5. The van der Waals surface area contributed by atoms with E-state index in [4.69, 9.17) is 47.4 Å². The van der Waals surface area contributed by atoms with E-state index in [1.807, 2.05) is 0 Å². The number of carbonyl (C=O) groups is 3. The molecule has 580 valence electrons. The van der Waals surface area contributed by atoms with E-state index in [1.54, 1.807) is 0 Å². The second-order valence-electron chi connectivity index (χ2n) is 27.6. The first-order chi connectivity index (χ1) is 47.5. The van der Waals surface area contributed by atoms with E-state index in [-0.39, 0.29) is 12.8 Å². The summed E-state index contributed by atoms with van der Waals surface area (Å²) in [5.41, 5.74) is 0. The summed E-state index contributed by atoms with van der Waals surface area (Å²) in [7, 11) is 0. The largest absolute Gasteiger partial charge is 0.394 e. The molecule has 3 amide bonds. The van der Waals surface area contributed by atoms with E-state index in [0.717, 1.165) is 65.2 Å². The molecule has 0 aliphatic carbocycles. The summed E-state index contributed by atoms with van der Waals surface area (Å²) >= 11 is 0. The van der Waals surface area contributed by atoms with Gasteiger partial charge in [0.1, 0.15) is 122 Å². The summed E-state index contributed by atoms with van der Waals surface area (Å²) < 4.78 is 60.7. The average molecular weight is 1430 g/mol. The second-order valence-corrected chi connectivity index (χ2v) is 27.6. The van der Waals surface area contributed by atoms with Crippen molar-refractivity contribution in [2.45, 2.75) is 380 Å². The highest BCUT2D eigenvalue weighted by molar-refractivity contribution is 5.76. The number of aliphatic hydroxyl groups excluding tert-OH is 15. The van der Waals surface area contributed by atoms with Gasteiger partial charge in [-0.2, -0.15) is 0 Å². The Labute approximate surface area is 582 Å². The molecule has 28 atom stereocenters. The summed E-state index contributed by atoms with van der Waals surface area (Å²) in [6.07, 6.45) is -17.4. The Morgan fingerprint density at radius 3 is 1.26 bits per heavy atom. The van der Waals surface area contributed by atoms with Crippen LogP contribution in [0.1, 0.15) is 208 Å². The lowest BCUT2D eigenvalue weighted by atomic mass is 9.93. The molecule has 5 aliphatic heterocycles. The Balaban J connectivity index is 1.33. The highest BCUT2D eigenvalue weighted by atomic mass is 16.8. The lowest BCUT2D eigenvalue weighted by Crippen LogP contribution is -2.72. The van der Waals surface area contributed by atoms with E-state index in [0.29, 0.717) is 12.8 Å². The number of unbranched alkanes of at least 4 members (excludes halogenated alkanes) is 23. The molecule has 31 heteroatoms. The number of nitrogens with one attached hydrogen (secondary N) is 3. The minimum absolute atomic E-state index is 0.121.